The quantitative estimate of drug-likeness (QED) is 0.834. The van der Waals surface area contributed by atoms with Gasteiger partial charge in [-0.05, 0) is 37.6 Å². The summed E-state index contributed by atoms with van der Waals surface area (Å²) in [6, 6.07) is 4.54. The number of nitrogens with two attached hydrogens (primary N) is 1. The van der Waals surface area contributed by atoms with Gasteiger partial charge >= 0.3 is 0 Å². The van der Waals surface area contributed by atoms with Crippen LogP contribution in [0.15, 0.2) is 18.2 Å². The molecule has 0 aliphatic carbocycles. The van der Waals surface area contributed by atoms with E-state index in [0.29, 0.717) is 19.4 Å². The molecular weight excluding hydrogens is 217 g/mol. The minimum absolute atomic E-state index is 0.0946. The van der Waals surface area contributed by atoms with E-state index in [1.165, 1.54) is 12.1 Å². The number of rotatable bonds is 4. The van der Waals surface area contributed by atoms with Gasteiger partial charge < -0.3 is 10.8 Å². The third kappa shape index (κ3) is 3.78. The minimum atomic E-state index is -0.894. The van der Waals surface area contributed by atoms with Gasteiger partial charge in [0.25, 0.3) is 0 Å². The van der Waals surface area contributed by atoms with Gasteiger partial charge in [-0.3, -0.25) is 0 Å². The third-order valence-electron chi connectivity index (χ3n) is 2.25. The van der Waals surface area contributed by atoms with Crippen LogP contribution in [0.25, 0.3) is 0 Å². The molecule has 15 heavy (non-hydrogen) atoms. The molecule has 0 heterocycles. The number of hydrogen-bond donors (Lipinski definition) is 2. The Labute approximate surface area is 93.9 Å². The van der Waals surface area contributed by atoms with Crippen LogP contribution in [0, 0.1) is 5.82 Å². The summed E-state index contributed by atoms with van der Waals surface area (Å²) in [5.41, 5.74) is 5.19. The van der Waals surface area contributed by atoms with Crippen LogP contribution in [-0.2, 0) is 6.42 Å². The first-order valence-corrected chi connectivity index (χ1v) is 5.19. The fourth-order valence-corrected chi connectivity index (χ4v) is 1.61. The minimum Gasteiger partial charge on any atom is -0.390 e. The first-order valence-electron chi connectivity index (χ1n) is 4.81. The van der Waals surface area contributed by atoms with Crippen molar-refractivity contribution in [3.63, 3.8) is 0 Å². The van der Waals surface area contributed by atoms with Crippen LogP contribution in [-0.4, -0.2) is 17.3 Å². The molecule has 3 N–H and O–H groups in total. The summed E-state index contributed by atoms with van der Waals surface area (Å²) in [7, 11) is 0. The van der Waals surface area contributed by atoms with Crippen molar-refractivity contribution in [2.45, 2.75) is 25.4 Å². The summed E-state index contributed by atoms with van der Waals surface area (Å²) < 4.78 is 13.1. The maximum absolute atomic E-state index is 13.1. The summed E-state index contributed by atoms with van der Waals surface area (Å²) in [5, 5.41) is 9.99. The van der Waals surface area contributed by atoms with Gasteiger partial charge in [0, 0.05) is 6.42 Å². The Hall–Kier alpha value is -0.640. The van der Waals surface area contributed by atoms with Crippen molar-refractivity contribution >= 4 is 11.6 Å². The Morgan fingerprint density at radius 3 is 2.73 bits per heavy atom. The van der Waals surface area contributed by atoms with Gasteiger partial charge in [0.1, 0.15) is 5.82 Å². The number of benzene rings is 1. The van der Waals surface area contributed by atoms with Crippen LogP contribution in [0.4, 0.5) is 4.39 Å². The Kier molecular flexibility index (Phi) is 4.08. The Balaban J connectivity index is 2.76. The maximum atomic E-state index is 13.1. The average molecular weight is 232 g/mol. The topological polar surface area (TPSA) is 46.2 Å². The molecule has 1 aromatic rings. The van der Waals surface area contributed by atoms with E-state index in [0.717, 1.165) is 5.56 Å². The highest BCUT2D eigenvalue weighted by Gasteiger charge is 2.20. The van der Waals surface area contributed by atoms with Gasteiger partial charge in [-0.1, -0.05) is 17.7 Å². The average Bonchev–Trinajstić information content (AvgIpc) is 2.10. The predicted molar refractivity (Wildman–Crippen MR) is 59.4 cm³/mol. The van der Waals surface area contributed by atoms with Crippen LogP contribution < -0.4 is 5.73 Å². The Morgan fingerprint density at radius 2 is 2.20 bits per heavy atom. The summed E-state index contributed by atoms with van der Waals surface area (Å²) in [6.45, 7) is 2.09. The zero-order valence-electron chi connectivity index (χ0n) is 8.63. The van der Waals surface area contributed by atoms with Crippen LogP contribution in [0.2, 0.25) is 5.02 Å². The molecule has 0 spiro atoms. The van der Waals surface area contributed by atoms with E-state index < -0.39 is 11.4 Å². The van der Waals surface area contributed by atoms with E-state index in [2.05, 4.69) is 0 Å². The van der Waals surface area contributed by atoms with Crippen molar-refractivity contribution in [3.05, 3.63) is 34.6 Å². The molecule has 0 saturated carbocycles. The molecule has 0 amide bonds. The van der Waals surface area contributed by atoms with Gasteiger partial charge in [0.2, 0.25) is 0 Å². The van der Waals surface area contributed by atoms with E-state index in [1.807, 2.05) is 0 Å². The highest BCUT2D eigenvalue weighted by atomic mass is 35.5. The highest BCUT2D eigenvalue weighted by molar-refractivity contribution is 6.30. The number of aliphatic hydroxyl groups is 1. The van der Waals surface area contributed by atoms with Crippen LogP contribution in [0.5, 0.6) is 0 Å². The van der Waals surface area contributed by atoms with Crippen molar-refractivity contribution in [1.29, 1.82) is 0 Å². The smallest absolute Gasteiger partial charge is 0.142 e. The first-order chi connectivity index (χ1) is 6.94. The third-order valence-corrected chi connectivity index (χ3v) is 2.56. The van der Waals surface area contributed by atoms with E-state index in [-0.39, 0.29) is 5.02 Å². The zero-order chi connectivity index (χ0) is 11.5. The standard InChI is InChI=1S/C11H15ClFNO/c1-11(15,4-5-14)7-8-2-3-9(12)10(13)6-8/h2-3,6,15H,4-5,7,14H2,1H3. The van der Waals surface area contributed by atoms with Crippen LogP contribution in [0.3, 0.4) is 0 Å². The molecule has 4 heteroatoms. The first kappa shape index (κ1) is 12.4. The molecule has 0 fully saturated rings. The number of hydrogen-bond acceptors (Lipinski definition) is 2. The molecule has 2 nitrogen and oxygen atoms in total. The Morgan fingerprint density at radius 1 is 1.53 bits per heavy atom. The maximum Gasteiger partial charge on any atom is 0.142 e. The fraction of sp³-hybridized carbons (Fsp3) is 0.455. The molecule has 1 aromatic carbocycles. The zero-order valence-corrected chi connectivity index (χ0v) is 9.39. The van der Waals surface area contributed by atoms with E-state index in [9.17, 15) is 9.50 Å². The second kappa shape index (κ2) is 4.92. The lowest BCUT2D eigenvalue weighted by molar-refractivity contribution is 0.0538. The lowest BCUT2D eigenvalue weighted by Crippen LogP contribution is -2.30. The molecular formula is C11H15ClFNO. The lowest BCUT2D eigenvalue weighted by Gasteiger charge is -2.22. The van der Waals surface area contributed by atoms with Crippen molar-refractivity contribution in [3.8, 4) is 0 Å². The van der Waals surface area contributed by atoms with Crippen molar-refractivity contribution in [2.75, 3.05) is 6.54 Å². The van der Waals surface area contributed by atoms with Gasteiger partial charge in [-0.25, -0.2) is 4.39 Å². The van der Waals surface area contributed by atoms with E-state index in [4.69, 9.17) is 17.3 Å². The summed E-state index contributed by atoms with van der Waals surface area (Å²) in [4.78, 5) is 0. The van der Waals surface area contributed by atoms with Gasteiger partial charge in [-0.15, -0.1) is 0 Å². The molecule has 84 valence electrons. The molecule has 1 unspecified atom stereocenters. The van der Waals surface area contributed by atoms with Crippen molar-refractivity contribution in [1.82, 2.24) is 0 Å². The second-order valence-corrected chi connectivity index (χ2v) is 4.37. The monoisotopic (exact) mass is 231 g/mol. The van der Waals surface area contributed by atoms with Gasteiger partial charge in [-0.2, -0.15) is 0 Å². The van der Waals surface area contributed by atoms with Gasteiger partial charge in [0.05, 0.1) is 10.6 Å². The highest BCUT2D eigenvalue weighted by Crippen LogP contribution is 2.20. The largest absolute Gasteiger partial charge is 0.390 e. The second-order valence-electron chi connectivity index (χ2n) is 3.96. The lowest BCUT2D eigenvalue weighted by atomic mass is 9.93. The van der Waals surface area contributed by atoms with Crippen molar-refractivity contribution < 1.29 is 9.50 Å². The molecule has 0 saturated heterocycles. The normalized spacial score (nSPS) is 15.0. The van der Waals surface area contributed by atoms with Crippen molar-refractivity contribution in [2.24, 2.45) is 5.73 Å². The predicted octanol–water partition coefficient (Wildman–Crippen LogP) is 2.12. The number of halogens is 2. The molecule has 0 aliphatic rings. The summed E-state index contributed by atoms with van der Waals surface area (Å²) in [6.07, 6.45) is 0.857. The molecule has 0 radical (unpaired) electrons. The van der Waals surface area contributed by atoms with E-state index in [1.54, 1.807) is 13.0 Å². The van der Waals surface area contributed by atoms with Crippen LogP contribution >= 0.6 is 11.6 Å². The molecule has 0 bridgehead atoms. The molecule has 0 aromatic heterocycles. The SMILES string of the molecule is CC(O)(CCN)Cc1ccc(Cl)c(F)c1. The molecule has 0 aliphatic heterocycles. The van der Waals surface area contributed by atoms with Crippen LogP contribution in [0.1, 0.15) is 18.9 Å². The van der Waals surface area contributed by atoms with E-state index >= 15 is 0 Å². The Bertz CT molecular complexity index is 341. The summed E-state index contributed by atoms with van der Waals surface area (Å²) in [5.74, 6) is -0.460. The summed E-state index contributed by atoms with van der Waals surface area (Å²) >= 11 is 5.56. The fourth-order valence-electron chi connectivity index (χ4n) is 1.49. The molecule has 1 rings (SSSR count). The van der Waals surface area contributed by atoms with Gasteiger partial charge in [0.15, 0.2) is 0 Å². The molecule has 1 atom stereocenters.